The van der Waals surface area contributed by atoms with Gasteiger partial charge in [0.05, 0.1) is 30.2 Å². The summed E-state index contributed by atoms with van der Waals surface area (Å²) in [6.07, 6.45) is 0. The molecule has 0 saturated carbocycles. The first kappa shape index (κ1) is 24.0. The van der Waals surface area contributed by atoms with Crippen LogP contribution >= 0.6 is 0 Å². The van der Waals surface area contributed by atoms with E-state index in [9.17, 15) is 9.18 Å². The Hall–Kier alpha value is -4.13. The van der Waals surface area contributed by atoms with E-state index in [-0.39, 0.29) is 11.7 Å². The van der Waals surface area contributed by atoms with Gasteiger partial charge in [-0.05, 0) is 80.4 Å². The summed E-state index contributed by atoms with van der Waals surface area (Å²) < 4.78 is 26.6. The number of hydrogen-bond donors (Lipinski definition) is 1. The van der Waals surface area contributed by atoms with Gasteiger partial charge in [0.2, 0.25) is 0 Å². The van der Waals surface area contributed by atoms with Gasteiger partial charge in [-0.15, -0.1) is 0 Å². The summed E-state index contributed by atoms with van der Waals surface area (Å²) in [5, 5.41) is 7.51. The van der Waals surface area contributed by atoms with Crippen molar-refractivity contribution in [2.24, 2.45) is 0 Å². The first-order chi connectivity index (χ1) is 16.9. The van der Waals surface area contributed by atoms with Crippen molar-refractivity contribution < 1.29 is 18.7 Å². The molecule has 0 unspecified atom stereocenters. The average molecular weight is 474 g/mol. The minimum atomic E-state index is -0.288. The molecule has 4 aromatic rings. The fourth-order valence-electron chi connectivity index (χ4n) is 3.79. The van der Waals surface area contributed by atoms with E-state index < -0.39 is 0 Å². The molecule has 180 valence electrons. The number of rotatable bonds is 9. The molecule has 35 heavy (non-hydrogen) atoms. The van der Waals surface area contributed by atoms with Gasteiger partial charge in [-0.2, -0.15) is 5.10 Å². The zero-order chi connectivity index (χ0) is 24.8. The standard InChI is InChI=1S/C28H28FN3O3/c1-4-34-25-11-13-26(14-12-25)35-18-22-8-5-9-23(15-22)28(33)30-27-19(2)31-32(20(27)3)17-21-7-6-10-24(29)16-21/h5-16H,4,17-18H2,1-3H3,(H,30,33). The highest BCUT2D eigenvalue weighted by Gasteiger charge is 2.16. The van der Waals surface area contributed by atoms with Gasteiger partial charge in [-0.1, -0.05) is 24.3 Å². The molecule has 0 saturated heterocycles. The molecular weight excluding hydrogens is 445 g/mol. The Morgan fingerprint density at radius 3 is 2.34 bits per heavy atom. The molecule has 0 spiro atoms. The maximum absolute atomic E-state index is 13.5. The van der Waals surface area contributed by atoms with Gasteiger partial charge in [0.1, 0.15) is 23.9 Å². The van der Waals surface area contributed by atoms with Crippen LogP contribution in [0.3, 0.4) is 0 Å². The van der Waals surface area contributed by atoms with Crippen molar-refractivity contribution in [3.8, 4) is 11.5 Å². The third-order valence-corrected chi connectivity index (χ3v) is 5.57. The summed E-state index contributed by atoms with van der Waals surface area (Å²) in [5.41, 5.74) is 4.35. The number of carbonyl (C=O) groups excluding carboxylic acids is 1. The summed E-state index contributed by atoms with van der Waals surface area (Å²) in [6, 6.07) is 21.2. The third-order valence-electron chi connectivity index (χ3n) is 5.57. The molecule has 0 atom stereocenters. The quantitative estimate of drug-likeness (QED) is 0.328. The zero-order valence-corrected chi connectivity index (χ0v) is 20.0. The second-order valence-corrected chi connectivity index (χ2v) is 8.18. The predicted molar refractivity (Wildman–Crippen MR) is 134 cm³/mol. The Bertz CT molecular complexity index is 1320. The van der Waals surface area contributed by atoms with Crippen molar-refractivity contribution in [2.75, 3.05) is 11.9 Å². The summed E-state index contributed by atoms with van der Waals surface area (Å²) >= 11 is 0. The minimum absolute atomic E-state index is 0.232. The first-order valence-corrected chi connectivity index (χ1v) is 11.5. The van der Waals surface area contributed by atoms with Gasteiger partial charge >= 0.3 is 0 Å². The summed E-state index contributed by atoms with van der Waals surface area (Å²) in [5.74, 6) is 0.997. The molecule has 0 fully saturated rings. The molecule has 4 rings (SSSR count). The molecule has 1 heterocycles. The van der Waals surface area contributed by atoms with E-state index in [2.05, 4.69) is 10.4 Å². The summed E-state index contributed by atoms with van der Waals surface area (Å²) in [7, 11) is 0. The lowest BCUT2D eigenvalue weighted by molar-refractivity contribution is 0.102. The van der Waals surface area contributed by atoms with Crippen molar-refractivity contribution >= 4 is 11.6 Å². The molecule has 3 aromatic carbocycles. The van der Waals surface area contributed by atoms with Crippen LogP contribution in [-0.4, -0.2) is 22.3 Å². The lowest BCUT2D eigenvalue weighted by atomic mass is 10.1. The van der Waals surface area contributed by atoms with Crippen LogP contribution in [0, 0.1) is 19.7 Å². The Balaban J connectivity index is 1.42. The molecule has 0 aliphatic heterocycles. The number of ether oxygens (including phenoxy) is 2. The van der Waals surface area contributed by atoms with Gasteiger partial charge < -0.3 is 14.8 Å². The van der Waals surface area contributed by atoms with Crippen LogP contribution in [-0.2, 0) is 13.2 Å². The molecule has 0 aliphatic rings. The van der Waals surface area contributed by atoms with Gasteiger partial charge in [-0.25, -0.2) is 4.39 Å². The number of carbonyl (C=O) groups is 1. The normalized spacial score (nSPS) is 10.7. The lowest BCUT2D eigenvalue weighted by Crippen LogP contribution is -2.14. The van der Waals surface area contributed by atoms with Gasteiger partial charge in [0.25, 0.3) is 5.91 Å². The molecule has 0 aliphatic carbocycles. The zero-order valence-electron chi connectivity index (χ0n) is 20.0. The molecule has 0 radical (unpaired) electrons. The number of hydrogen-bond acceptors (Lipinski definition) is 4. The lowest BCUT2D eigenvalue weighted by Gasteiger charge is -2.10. The molecule has 7 heteroatoms. The van der Waals surface area contributed by atoms with Crippen LogP contribution in [0.25, 0.3) is 0 Å². The Morgan fingerprint density at radius 2 is 1.63 bits per heavy atom. The number of nitrogens with one attached hydrogen (secondary N) is 1. The minimum Gasteiger partial charge on any atom is -0.494 e. The molecule has 1 N–H and O–H groups in total. The van der Waals surface area contributed by atoms with Gasteiger partial charge in [-0.3, -0.25) is 9.48 Å². The van der Waals surface area contributed by atoms with E-state index in [4.69, 9.17) is 9.47 Å². The molecule has 6 nitrogen and oxygen atoms in total. The van der Waals surface area contributed by atoms with Crippen LogP contribution in [0.5, 0.6) is 11.5 Å². The number of aromatic nitrogens is 2. The highest BCUT2D eigenvalue weighted by Crippen LogP contribution is 2.22. The highest BCUT2D eigenvalue weighted by atomic mass is 19.1. The first-order valence-electron chi connectivity index (χ1n) is 11.5. The van der Waals surface area contributed by atoms with Crippen LogP contribution in [0.2, 0.25) is 0 Å². The predicted octanol–water partition coefficient (Wildman–Crippen LogP) is 5.92. The fourth-order valence-corrected chi connectivity index (χ4v) is 3.79. The number of halogens is 1. The molecular formula is C28H28FN3O3. The van der Waals surface area contributed by atoms with Gasteiger partial charge in [0.15, 0.2) is 0 Å². The van der Waals surface area contributed by atoms with Crippen molar-refractivity contribution in [3.63, 3.8) is 0 Å². The van der Waals surface area contributed by atoms with E-state index in [0.29, 0.717) is 36.7 Å². The fraction of sp³-hybridized carbons (Fsp3) is 0.214. The second-order valence-electron chi connectivity index (χ2n) is 8.18. The van der Waals surface area contributed by atoms with E-state index >= 15 is 0 Å². The van der Waals surface area contributed by atoms with Crippen LogP contribution in [0.15, 0.2) is 72.8 Å². The monoisotopic (exact) mass is 473 g/mol. The largest absolute Gasteiger partial charge is 0.494 e. The van der Waals surface area contributed by atoms with Crippen molar-refractivity contribution in [3.05, 3.63) is 107 Å². The Kier molecular flexibility index (Phi) is 7.45. The van der Waals surface area contributed by atoms with Crippen LogP contribution in [0.4, 0.5) is 10.1 Å². The van der Waals surface area contributed by atoms with E-state index in [1.807, 2.05) is 69.3 Å². The highest BCUT2D eigenvalue weighted by molar-refractivity contribution is 6.05. The number of amides is 1. The third kappa shape index (κ3) is 6.06. The van der Waals surface area contributed by atoms with Crippen molar-refractivity contribution in [1.29, 1.82) is 0 Å². The van der Waals surface area contributed by atoms with Crippen molar-refractivity contribution in [2.45, 2.75) is 33.9 Å². The number of benzene rings is 3. The number of aryl methyl sites for hydroxylation is 1. The summed E-state index contributed by atoms with van der Waals surface area (Å²) in [4.78, 5) is 13.0. The van der Waals surface area contributed by atoms with Crippen molar-refractivity contribution in [1.82, 2.24) is 9.78 Å². The van der Waals surface area contributed by atoms with E-state index in [1.165, 1.54) is 12.1 Å². The molecule has 1 amide bonds. The average Bonchev–Trinajstić information content (AvgIpc) is 3.11. The molecule has 0 bridgehead atoms. The maximum Gasteiger partial charge on any atom is 0.255 e. The van der Waals surface area contributed by atoms with E-state index in [0.717, 1.165) is 28.3 Å². The maximum atomic E-state index is 13.5. The Morgan fingerprint density at radius 1 is 0.943 bits per heavy atom. The number of nitrogens with zero attached hydrogens (tertiary/aromatic N) is 2. The topological polar surface area (TPSA) is 65.4 Å². The SMILES string of the molecule is CCOc1ccc(OCc2cccc(C(=O)Nc3c(C)nn(Cc4cccc(F)c4)c3C)c2)cc1. The Labute approximate surface area is 204 Å². The number of anilines is 1. The summed E-state index contributed by atoms with van der Waals surface area (Å²) in [6.45, 7) is 7.02. The van der Waals surface area contributed by atoms with Crippen LogP contribution in [0.1, 0.15) is 39.8 Å². The van der Waals surface area contributed by atoms with Crippen LogP contribution < -0.4 is 14.8 Å². The second kappa shape index (κ2) is 10.9. The van der Waals surface area contributed by atoms with Gasteiger partial charge in [0, 0.05) is 5.56 Å². The van der Waals surface area contributed by atoms with E-state index in [1.54, 1.807) is 16.8 Å². The molecule has 1 aromatic heterocycles. The smallest absolute Gasteiger partial charge is 0.255 e.